The first-order valence-corrected chi connectivity index (χ1v) is 11.7. The summed E-state index contributed by atoms with van der Waals surface area (Å²) in [5.41, 5.74) is 0.605. The highest BCUT2D eigenvalue weighted by atomic mass is 32.2. The summed E-state index contributed by atoms with van der Waals surface area (Å²) in [7, 11) is -13.8. The van der Waals surface area contributed by atoms with E-state index in [0.29, 0.717) is 11.8 Å². The third-order valence-corrected chi connectivity index (χ3v) is 6.11. The Morgan fingerprint density at radius 3 is 1.88 bits per heavy atom. The first-order chi connectivity index (χ1) is 11.5. The maximum Gasteiger partial charge on any atom is 0.295 e. The Bertz CT molecular complexity index is 1050. The fourth-order valence-electron chi connectivity index (χ4n) is 2.34. The van der Waals surface area contributed by atoms with Gasteiger partial charge in [0.05, 0.1) is 5.75 Å². The second-order valence-electron chi connectivity index (χ2n) is 5.75. The molecule has 0 bridgehead atoms. The molecule has 0 radical (unpaired) electrons. The summed E-state index contributed by atoms with van der Waals surface area (Å²) < 4.78 is 96.6. The summed E-state index contributed by atoms with van der Waals surface area (Å²) >= 11 is 0. The summed E-state index contributed by atoms with van der Waals surface area (Å²) in [5, 5.41) is 0. The average Bonchev–Trinajstić information content (AvgIpc) is 2.40. The van der Waals surface area contributed by atoms with Gasteiger partial charge in [0, 0.05) is 31.9 Å². The Labute approximate surface area is 152 Å². The van der Waals surface area contributed by atoms with E-state index < -0.39 is 45.9 Å². The molecular formula is C13H20NO9S3+. The smallest absolute Gasteiger partial charge is 0.286 e. The molecule has 10 nitrogen and oxygen atoms in total. The van der Waals surface area contributed by atoms with E-state index >= 15 is 0 Å². The predicted molar refractivity (Wildman–Crippen MR) is 93.0 cm³/mol. The highest BCUT2D eigenvalue weighted by Gasteiger charge is 2.27. The van der Waals surface area contributed by atoms with Crippen molar-refractivity contribution in [1.82, 2.24) is 0 Å². The highest BCUT2D eigenvalue weighted by molar-refractivity contribution is 7.86. The second-order valence-corrected chi connectivity index (χ2v) is 10.1. The van der Waals surface area contributed by atoms with E-state index in [1.807, 2.05) is 0 Å². The lowest BCUT2D eigenvalue weighted by Crippen LogP contribution is -2.19. The monoisotopic (exact) mass is 430 g/mol. The van der Waals surface area contributed by atoms with E-state index in [1.165, 1.54) is 11.5 Å². The normalized spacial score (nSPS) is 12.8. The molecule has 0 aliphatic rings. The van der Waals surface area contributed by atoms with E-state index in [9.17, 15) is 34.4 Å². The molecule has 1 aromatic carbocycles. The van der Waals surface area contributed by atoms with Crippen molar-refractivity contribution in [2.24, 2.45) is 0 Å². The zero-order chi connectivity index (χ0) is 20.5. The minimum atomic E-state index is -4.79. The van der Waals surface area contributed by atoms with Crippen molar-refractivity contribution in [2.45, 2.75) is 37.0 Å². The van der Waals surface area contributed by atoms with Gasteiger partial charge in [-0.1, -0.05) is 0 Å². The molecule has 0 aliphatic heterocycles. The average molecular weight is 431 g/mol. The van der Waals surface area contributed by atoms with Gasteiger partial charge in [0.25, 0.3) is 30.4 Å². The van der Waals surface area contributed by atoms with Crippen LogP contribution in [0.15, 0.2) is 21.9 Å². The summed E-state index contributed by atoms with van der Waals surface area (Å²) in [6, 6.07) is 1.64. The van der Waals surface area contributed by atoms with Crippen molar-refractivity contribution in [2.75, 3.05) is 12.3 Å². The van der Waals surface area contributed by atoms with E-state index in [-0.39, 0.29) is 24.2 Å². The predicted octanol–water partition coefficient (Wildman–Crippen LogP) is 0.891. The molecule has 26 heavy (non-hydrogen) atoms. The zero-order valence-electron chi connectivity index (χ0n) is 14.2. The lowest BCUT2D eigenvalue weighted by molar-refractivity contribution is -0.442. The van der Waals surface area contributed by atoms with Crippen LogP contribution in [0.25, 0.3) is 0 Å². The molecule has 0 fully saturated rings. The van der Waals surface area contributed by atoms with Crippen molar-refractivity contribution in [3.05, 3.63) is 17.7 Å². The van der Waals surface area contributed by atoms with Crippen LogP contribution in [-0.4, -0.2) is 61.5 Å². The lowest BCUT2D eigenvalue weighted by atomic mass is 10.1. The highest BCUT2D eigenvalue weighted by Crippen LogP contribution is 2.30. The Hall–Kier alpha value is -1.38. The van der Waals surface area contributed by atoms with Gasteiger partial charge in [-0.15, -0.1) is 0 Å². The van der Waals surface area contributed by atoms with Crippen LogP contribution in [0.4, 0.5) is 5.69 Å². The molecule has 0 aromatic heterocycles. The third-order valence-electron chi connectivity index (χ3n) is 3.50. The molecule has 0 atom stereocenters. The summed E-state index contributed by atoms with van der Waals surface area (Å²) in [5.74, 6) is -0.557. The topological polar surface area (TPSA) is 166 Å². The van der Waals surface area contributed by atoms with E-state index in [0.717, 1.165) is 6.07 Å². The summed E-state index contributed by atoms with van der Waals surface area (Å²) in [6.45, 7) is 4.55. The fourth-order valence-corrected chi connectivity index (χ4v) is 4.20. The van der Waals surface area contributed by atoms with Crippen LogP contribution >= 0.6 is 0 Å². The summed E-state index contributed by atoms with van der Waals surface area (Å²) in [4.78, 5) is -1.45. The molecule has 13 heteroatoms. The van der Waals surface area contributed by atoms with E-state index in [2.05, 4.69) is 0 Å². The molecule has 0 spiro atoms. The van der Waals surface area contributed by atoms with E-state index in [1.54, 1.807) is 13.8 Å². The molecule has 0 aliphatic carbocycles. The van der Waals surface area contributed by atoms with Gasteiger partial charge in [-0.3, -0.25) is 13.7 Å². The summed E-state index contributed by atoms with van der Waals surface area (Å²) in [6.07, 6.45) is -0.0409. The molecule has 0 saturated heterocycles. The van der Waals surface area contributed by atoms with Crippen LogP contribution in [0.3, 0.4) is 0 Å². The molecule has 148 valence electrons. The Morgan fingerprint density at radius 1 is 0.962 bits per heavy atom. The molecule has 3 N–H and O–H groups in total. The van der Waals surface area contributed by atoms with Crippen LogP contribution in [-0.2, 0) is 30.4 Å². The molecule has 1 aromatic rings. The maximum absolute atomic E-state index is 11.6. The Kier molecular flexibility index (Phi) is 6.71. The molecule has 0 heterocycles. The second kappa shape index (κ2) is 7.70. The van der Waals surface area contributed by atoms with Gasteiger partial charge in [-0.2, -0.15) is 25.3 Å². The zero-order valence-corrected chi connectivity index (χ0v) is 16.7. The number of hydrogen-bond acceptors (Lipinski definition) is 6. The van der Waals surface area contributed by atoms with Gasteiger partial charge in [0.2, 0.25) is 5.69 Å². The first kappa shape index (κ1) is 22.7. The van der Waals surface area contributed by atoms with Crippen molar-refractivity contribution in [1.29, 1.82) is 0 Å². The van der Waals surface area contributed by atoms with Gasteiger partial charge >= 0.3 is 0 Å². The molecule has 0 saturated carbocycles. The SMILES string of the molecule is CC(C)=[N+](CCCS(=O)(=O)O)c1cc(S(=O)(=O)O)cc(S(=O)(=O)O)c1C. The number of rotatable bonds is 7. The Morgan fingerprint density at radius 2 is 1.50 bits per heavy atom. The van der Waals surface area contributed by atoms with Crippen molar-refractivity contribution >= 4 is 41.8 Å². The van der Waals surface area contributed by atoms with Gasteiger partial charge in [-0.25, -0.2) is 4.58 Å². The van der Waals surface area contributed by atoms with Crippen molar-refractivity contribution in [3.8, 4) is 0 Å². The minimum absolute atomic E-state index is 0.00279. The lowest BCUT2D eigenvalue weighted by Gasteiger charge is -2.12. The van der Waals surface area contributed by atoms with Gasteiger partial charge < -0.3 is 0 Å². The molecule has 0 unspecified atom stereocenters. The van der Waals surface area contributed by atoms with Crippen LogP contribution in [0, 0.1) is 6.92 Å². The molecular weight excluding hydrogens is 410 g/mol. The number of benzene rings is 1. The standard InChI is InChI=1S/C13H19NO9S3/c1-9(2)14(5-4-6-24(15,16)17)12-7-11(25(18,19)20)8-13(10(12)3)26(21,22)23/h7-8H,4-6H2,1-3H3,(H2-,15,16,17,18,19,20,21,22,23)/p+1. The number of nitrogens with zero attached hydrogens (tertiary/aromatic N) is 1. The van der Waals surface area contributed by atoms with Gasteiger partial charge in [0.15, 0.2) is 5.71 Å². The van der Waals surface area contributed by atoms with Crippen LogP contribution in [0.1, 0.15) is 25.8 Å². The minimum Gasteiger partial charge on any atom is -0.286 e. The van der Waals surface area contributed by atoms with Crippen LogP contribution in [0.2, 0.25) is 0 Å². The maximum atomic E-state index is 11.6. The van der Waals surface area contributed by atoms with Crippen LogP contribution < -0.4 is 0 Å². The Balaban J connectivity index is 3.64. The van der Waals surface area contributed by atoms with Crippen LogP contribution in [0.5, 0.6) is 0 Å². The molecule has 0 amide bonds. The van der Waals surface area contributed by atoms with E-state index in [4.69, 9.17) is 4.55 Å². The first-order valence-electron chi connectivity index (χ1n) is 7.16. The number of hydrogen-bond donors (Lipinski definition) is 3. The quantitative estimate of drug-likeness (QED) is 0.323. The van der Waals surface area contributed by atoms with Crippen molar-refractivity contribution < 1.29 is 43.5 Å². The molecule has 1 rings (SSSR count). The van der Waals surface area contributed by atoms with Crippen molar-refractivity contribution in [3.63, 3.8) is 0 Å². The fraction of sp³-hybridized carbons (Fsp3) is 0.462. The largest absolute Gasteiger partial charge is 0.295 e. The van der Waals surface area contributed by atoms with Gasteiger partial charge in [0.1, 0.15) is 16.3 Å². The van der Waals surface area contributed by atoms with Gasteiger partial charge in [-0.05, 0) is 13.0 Å². The third kappa shape index (κ3) is 6.10.